The number of ether oxygens (including phenoxy) is 1. The van der Waals surface area contributed by atoms with E-state index in [1.54, 1.807) is 67.8 Å². The molecule has 2 N–H and O–H groups in total. The molecule has 6 heteroatoms. The van der Waals surface area contributed by atoms with Gasteiger partial charge in [-0.3, -0.25) is 14.4 Å². The van der Waals surface area contributed by atoms with Gasteiger partial charge < -0.3 is 15.4 Å². The molecule has 0 aromatic heterocycles. The minimum Gasteiger partial charge on any atom is -0.496 e. The number of fused-ring (bicyclic) bond motifs is 1. The van der Waals surface area contributed by atoms with E-state index >= 15 is 0 Å². The molecule has 0 fully saturated rings. The Morgan fingerprint density at radius 3 is 2.12 bits per heavy atom. The summed E-state index contributed by atoms with van der Waals surface area (Å²) in [5.74, 6) is -0.417. The zero-order chi connectivity index (χ0) is 29.3. The molecular weight excluding hydrogens is 524 g/mol. The summed E-state index contributed by atoms with van der Waals surface area (Å²) in [7, 11) is 1.58. The number of carbonyl (C=O) groups excluding carboxylic acids is 3. The fourth-order valence-corrected chi connectivity index (χ4v) is 4.46. The van der Waals surface area contributed by atoms with Crippen molar-refractivity contribution in [3.8, 4) is 5.75 Å². The molecule has 0 unspecified atom stereocenters. The van der Waals surface area contributed by atoms with Crippen LogP contribution in [-0.2, 0) is 4.79 Å². The SMILES string of the molecule is COc1ccccc1/C=C/C(=O)c1ccc(NC(=O)/C(=C/c2cccc3ccccc23)NC(=O)c2ccccc2)cc1. The molecule has 206 valence electrons. The second-order valence-corrected chi connectivity index (χ2v) is 9.42. The van der Waals surface area contributed by atoms with Gasteiger partial charge in [0.25, 0.3) is 11.8 Å². The zero-order valence-corrected chi connectivity index (χ0v) is 22.9. The first-order valence-corrected chi connectivity index (χ1v) is 13.3. The van der Waals surface area contributed by atoms with Crippen LogP contribution in [0.4, 0.5) is 5.69 Å². The highest BCUT2D eigenvalue weighted by Gasteiger charge is 2.16. The zero-order valence-electron chi connectivity index (χ0n) is 22.9. The van der Waals surface area contributed by atoms with Gasteiger partial charge in [0.1, 0.15) is 11.4 Å². The first-order chi connectivity index (χ1) is 20.5. The Labute approximate surface area is 244 Å². The average Bonchev–Trinajstić information content (AvgIpc) is 3.04. The van der Waals surface area contributed by atoms with Crippen LogP contribution in [-0.4, -0.2) is 24.7 Å². The van der Waals surface area contributed by atoms with Crippen molar-refractivity contribution in [3.63, 3.8) is 0 Å². The summed E-state index contributed by atoms with van der Waals surface area (Å²) in [5, 5.41) is 7.57. The van der Waals surface area contributed by atoms with Crippen LogP contribution in [0.5, 0.6) is 5.75 Å². The molecule has 5 rings (SSSR count). The van der Waals surface area contributed by atoms with Crippen molar-refractivity contribution in [1.82, 2.24) is 5.32 Å². The van der Waals surface area contributed by atoms with Gasteiger partial charge in [-0.05, 0) is 77.0 Å². The largest absolute Gasteiger partial charge is 0.496 e. The summed E-state index contributed by atoms with van der Waals surface area (Å²) in [6, 6.07) is 36.3. The molecular formula is C36H28N2O4. The summed E-state index contributed by atoms with van der Waals surface area (Å²) < 4.78 is 5.33. The van der Waals surface area contributed by atoms with Crippen molar-refractivity contribution in [1.29, 1.82) is 0 Å². The Hall–Kier alpha value is -5.75. The summed E-state index contributed by atoms with van der Waals surface area (Å²) in [5.41, 5.74) is 3.03. The number of rotatable bonds is 9. The van der Waals surface area contributed by atoms with E-state index in [-0.39, 0.29) is 11.5 Å². The van der Waals surface area contributed by atoms with E-state index in [1.807, 2.05) is 72.8 Å². The highest BCUT2D eigenvalue weighted by molar-refractivity contribution is 6.12. The van der Waals surface area contributed by atoms with Crippen LogP contribution in [0.3, 0.4) is 0 Å². The molecule has 0 saturated carbocycles. The lowest BCUT2D eigenvalue weighted by Gasteiger charge is -2.12. The highest BCUT2D eigenvalue weighted by atomic mass is 16.5. The maximum atomic E-state index is 13.5. The molecule has 0 saturated heterocycles. The van der Waals surface area contributed by atoms with Crippen molar-refractivity contribution in [3.05, 3.63) is 155 Å². The maximum Gasteiger partial charge on any atom is 0.272 e. The van der Waals surface area contributed by atoms with Gasteiger partial charge in [0.2, 0.25) is 0 Å². The number of amides is 2. The fraction of sp³-hybridized carbons (Fsp3) is 0.0278. The minimum atomic E-state index is -0.498. The first-order valence-electron chi connectivity index (χ1n) is 13.3. The van der Waals surface area contributed by atoms with E-state index in [2.05, 4.69) is 10.6 Å². The molecule has 42 heavy (non-hydrogen) atoms. The highest BCUT2D eigenvalue weighted by Crippen LogP contribution is 2.22. The third-order valence-corrected chi connectivity index (χ3v) is 6.63. The number of nitrogens with one attached hydrogen (secondary N) is 2. The van der Waals surface area contributed by atoms with Crippen molar-refractivity contribution in [2.24, 2.45) is 0 Å². The predicted molar refractivity (Wildman–Crippen MR) is 167 cm³/mol. The van der Waals surface area contributed by atoms with Crippen LogP contribution in [0.25, 0.3) is 22.9 Å². The molecule has 0 aliphatic carbocycles. The molecule has 0 spiro atoms. The third kappa shape index (κ3) is 6.69. The van der Waals surface area contributed by atoms with E-state index in [9.17, 15) is 14.4 Å². The van der Waals surface area contributed by atoms with Gasteiger partial charge in [-0.15, -0.1) is 0 Å². The molecule has 5 aromatic rings. The van der Waals surface area contributed by atoms with Crippen LogP contribution in [0.15, 0.2) is 133 Å². The Bertz CT molecular complexity index is 1800. The molecule has 0 heterocycles. The second-order valence-electron chi connectivity index (χ2n) is 9.42. The lowest BCUT2D eigenvalue weighted by molar-refractivity contribution is -0.113. The van der Waals surface area contributed by atoms with Gasteiger partial charge >= 0.3 is 0 Å². The van der Waals surface area contributed by atoms with Crippen molar-refractivity contribution < 1.29 is 19.1 Å². The molecule has 0 aliphatic rings. The Morgan fingerprint density at radius 1 is 0.667 bits per heavy atom. The van der Waals surface area contributed by atoms with E-state index in [0.29, 0.717) is 22.6 Å². The second kappa shape index (κ2) is 13.1. The molecule has 2 amide bonds. The first kappa shape index (κ1) is 27.8. The van der Waals surface area contributed by atoms with Gasteiger partial charge in [0, 0.05) is 22.4 Å². The number of anilines is 1. The van der Waals surface area contributed by atoms with Crippen LogP contribution in [0, 0.1) is 0 Å². The number of benzene rings is 5. The molecule has 5 aromatic carbocycles. The number of allylic oxidation sites excluding steroid dienone is 1. The minimum absolute atomic E-state index is 0.0834. The molecule has 0 radical (unpaired) electrons. The molecule has 0 atom stereocenters. The van der Waals surface area contributed by atoms with Gasteiger partial charge in [-0.2, -0.15) is 0 Å². The normalized spacial score (nSPS) is 11.3. The third-order valence-electron chi connectivity index (χ3n) is 6.63. The topological polar surface area (TPSA) is 84.5 Å². The quantitative estimate of drug-likeness (QED) is 0.150. The van der Waals surface area contributed by atoms with E-state index in [4.69, 9.17) is 4.74 Å². The summed E-state index contributed by atoms with van der Waals surface area (Å²) >= 11 is 0. The summed E-state index contributed by atoms with van der Waals surface area (Å²) in [4.78, 5) is 39.2. The van der Waals surface area contributed by atoms with Crippen LogP contribution in [0.1, 0.15) is 31.8 Å². The molecule has 0 bridgehead atoms. The number of carbonyl (C=O) groups is 3. The predicted octanol–water partition coefficient (Wildman–Crippen LogP) is 7.15. The number of methoxy groups -OCH3 is 1. The smallest absolute Gasteiger partial charge is 0.272 e. The Balaban J connectivity index is 1.37. The van der Waals surface area contributed by atoms with Crippen molar-refractivity contribution in [2.75, 3.05) is 12.4 Å². The van der Waals surface area contributed by atoms with Gasteiger partial charge in [-0.1, -0.05) is 78.9 Å². The summed E-state index contributed by atoms with van der Waals surface area (Å²) in [6.07, 6.45) is 4.85. The number of para-hydroxylation sites is 1. The van der Waals surface area contributed by atoms with Gasteiger partial charge in [0.15, 0.2) is 5.78 Å². The van der Waals surface area contributed by atoms with Crippen LogP contribution < -0.4 is 15.4 Å². The lowest BCUT2D eigenvalue weighted by Crippen LogP contribution is -2.30. The van der Waals surface area contributed by atoms with Crippen molar-refractivity contribution in [2.45, 2.75) is 0 Å². The standard InChI is InChI=1S/C36H28N2O4/c1-42-34-17-8-6-11-27(34)20-23-33(39)26-18-21-30(22-19-26)37-36(41)32(38-35(40)28-12-3-2-4-13-28)24-29-15-9-14-25-10-5-7-16-31(25)29/h2-24H,1H3,(H,37,41)(H,38,40)/b23-20+,32-24-. The fourth-order valence-electron chi connectivity index (χ4n) is 4.46. The van der Waals surface area contributed by atoms with Crippen LogP contribution >= 0.6 is 0 Å². The Kier molecular flexibility index (Phi) is 8.65. The van der Waals surface area contributed by atoms with E-state index < -0.39 is 11.8 Å². The number of hydrogen-bond acceptors (Lipinski definition) is 4. The van der Waals surface area contributed by atoms with E-state index in [0.717, 1.165) is 21.9 Å². The van der Waals surface area contributed by atoms with E-state index in [1.165, 1.54) is 6.08 Å². The van der Waals surface area contributed by atoms with Crippen LogP contribution in [0.2, 0.25) is 0 Å². The Morgan fingerprint density at radius 2 is 1.33 bits per heavy atom. The van der Waals surface area contributed by atoms with Gasteiger partial charge in [-0.25, -0.2) is 0 Å². The number of hydrogen-bond donors (Lipinski definition) is 2. The molecule has 6 nitrogen and oxygen atoms in total. The summed E-state index contributed by atoms with van der Waals surface area (Å²) in [6.45, 7) is 0. The monoisotopic (exact) mass is 552 g/mol. The van der Waals surface area contributed by atoms with Crippen molar-refractivity contribution >= 4 is 46.2 Å². The lowest BCUT2D eigenvalue weighted by atomic mass is 10.0. The number of ketones is 1. The average molecular weight is 553 g/mol. The van der Waals surface area contributed by atoms with Gasteiger partial charge in [0.05, 0.1) is 7.11 Å². The maximum absolute atomic E-state index is 13.5. The molecule has 0 aliphatic heterocycles.